The Kier molecular flexibility index (Phi) is 2.66. The van der Waals surface area contributed by atoms with Crippen molar-refractivity contribution in [3.63, 3.8) is 0 Å². The number of piperidine rings is 1. The third-order valence-electron chi connectivity index (χ3n) is 5.14. The molecule has 2 saturated heterocycles. The highest BCUT2D eigenvalue weighted by Crippen LogP contribution is 2.45. The van der Waals surface area contributed by atoms with Crippen LogP contribution >= 0.6 is 0 Å². The van der Waals surface area contributed by atoms with Gasteiger partial charge in [-0.2, -0.15) is 0 Å². The second-order valence-corrected chi connectivity index (χ2v) is 6.16. The first-order valence-corrected chi connectivity index (χ1v) is 7.39. The molecule has 4 rings (SSSR count). The third kappa shape index (κ3) is 1.58. The van der Waals surface area contributed by atoms with Crippen molar-refractivity contribution in [3.8, 4) is 0 Å². The Hall–Kier alpha value is -1.39. The van der Waals surface area contributed by atoms with Crippen LogP contribution in [0.3, 0.4) is 0 Å². The number of carbonyl (C=O) groups excluding carboxylic acids is 1. The number of cyclic esters (lactones) is 1. The normalized spacial score (nSPS) is 39.7. The lowest BCUT2D eigenvalue weighted by molar-refractivity contribution is -0.147. The first-order valence-electron chi connectivity index (χ1n) is 7.39. The highest BCUT2D eigenvalue weighted by molar-refractivity contribution is 5.77. The van der Waals surface area contributed by atoms with E-state index >= 15 is 0 Å². The van der Waals surface area contributed by atoms with Crippen molar-refractivity contribution >= 4 is 5.97 Å². The molecule has 106 valence electrons. The fourth-order valence-electron chi connectivity index (χ4n) is 4.29. The van der Waals surface area contributed by atoms with Crippen LogP contribution in [0.2, 0.25) is 0 Å². The molecule has 0 saturated carbocycles. The Balaban J connectivity index is 1.76. The third-order valence-corrected chi connectivity index (χ3v) is 5.14. The van der Waals surface area contributed by atoms with Gasteiger partial charge >= 0.3 is 5.97 Å². The van der Waals surface area contributed by atoms with Gasteiger partial charge in [0, 0.05) is 12.6 Å². The number of hydrogen-bond donors (Lipinski definition) is 1. The van der Waals surface area contributed by atoms with E-state index < -0.39 is 6.10 Å². The molecule has 0 spiro atoms. The van der Waals surface area contributed by atoms with E-state index in [0.717, 1.165) is 13.0 Å². The number of ether oxygens (including phenoxy) is 1. The maximum atomic E-state index is 11.9. The molecule has 0 unspecified atom stereocenters. The number of carbonyl (C=O) groups is 1. The van der Waals surface area contributed by atoms with E-state index in [0.29, 0.717) is 6.42 Å². The van der Waals surface area contributed by atoms with E-state index in [1.165, 1.54) is 11.1 Å². The molecule has 3 aliphatic rings. The van der Waals surface area contributed by atoms with Crippen LogP contribution in [0.1, 0.15) is 30.5 Å². The minimum Gasteiger partial charge on any atom is -0.461 e. The molecule has 5 atom stereocenters. The number of hydrogen-bond acceptors (Lipinski definition) is 4. The molecule has 3 heterocycles. The van der Waals surface area contributed by atoms with E-state index in [1.807, 2.05) is 6.92 Å². The first kappa shape index (κ1) is 12.4. The zero-order valence-electron chi connectivity index (χ0n) is 11.5. The van der Waals surface area contributed by atoms with E-state index in [1.54, 1.807) is 0 Å². The lowest BCUT2D eigenvalue weighted by Gasteiger charge is -2.48. The molecule has 1 N–H and O–H groups in total. The van der Waals surface area contributed by atoms with E-state index in [2.05, 4.69) is 29.2 Å². The quantitative estimate of drug-likeness (QED) is 0.724. The van der Waals surface area contributed by atoms with Crippen LogP contribution in [-0.4, -0.2) is 40.8 Å². The summed E-state index contributed by atoms with van der Waals surface area (Å²) in [5, 5.41) is 10.4. The van der Waals surface area contributed by atoms with Gasteiger partial charge in [-0.25, -0.2) is 0 Å². The van der Waals surface area contributed by atoms with Gasteiger partial charge in [0.15, 0.2) is 0 Å². The summed E-state index contributed by atoms with van der Waals surface area (Å²) in [6.07, 6.45) is 0.910. The molecule has 0 aromatic heterocycles. The standard InChI is InChI=1S/C16H19NO3/c1-9-15-14(16(19)20-9)13(18)8-12-11-5-3-2-4-10(11)6-7-17(12)15/h2-5,9,12-15,18H,6-8H2,1H3/t9-,12-,13-,14+,15-/m1/s1. The van der Waals surface area contributed by atoms with E-state index in [9.17, 15) is 9.90 Å². The summed E-state index contributed by atoms with van der Waals surface area (Å²) in [5.41, 5.74) is 2.68. The SMILES string of the molecule is C[C@H]1OC(=O)[C@@H]2[C@@H]1N1CCc3ccccc3[C@H]1C[C@H]2O. The second-order valence-electron chi connectivity index (χ2n) is 6.16. The summed E-state index contributed by atoms with van der Waals surface area (Å²) in [6.45, 7) is 2.88. The molecular weight excluding hydrogens is 254 g/mol. The molecule has 0 aliphatic carbocycles. The number of fused-ring (bicyclic) bond motifs is 5. The molecule has 1 aromatic carbocycles. The predicted octanol–water partition coefficient (Wildman–Crippen LogP) is 1.28. The van der Waals surface area contributed by atoms with Gasteiger partial charge in [0.25, 0.3) is 0 Å². The summed E-state index contributed by atoms with van der Waals surface area (Å²) in [7, 11) is 0. The zero-order chi connectivity index (χ0) is 13.9. The van der Waals surface area contributed by atoms with Gasteiger partial charge in [-0.05, 0) is 30.9 Å². The summed E-state index contributed by atoms with van der Waals surface area (Å²) in [4.78, 5) is 14.3. The van der Waals surface area contributed by atoms with Crippen molar-refractivity contribution in [1.29, 1.82) is 0 Å². The molecule has 20 heavy (non-hydrogen) atoms. The molecule has 0 radical (unpaired) electrons. The highest BCUT2D eigenvalue weighted by atomic mass is 16.6. The molecule has 4 nitrogen and oxygen atoms in total. The lowest BCUT2D eigenvalue weighted by Crippen LogP contribution is -2.56. The van der Waals surface area contributed by atoms with Crippen molar-refractivity contribution < 1.29 is 14.6 Å². The van der Waals surface area contributed by atoms with Crippen molar-refractivity contribution in [2.45, 2.75) is 44.1 Å². The predicted molar refractivity (Wildman–Crippen MR) is 73.0 cm³/mol. The summed E-state index contributed by atoms with van der Waals surface area (Å²) < 4.78 is 5.37. The first-order chi connectivity index (χ1) is 9.66. The Morgan fingerprint density at radius 3 is 3.00 bits per heavy atom. The van der Waals surface area contributed by atoms with Crippen LogP contribution in [0.5, 0.6) is 0 Å². The molecule has 0 amide bonds. The minimum absolute atomic E-state index is 0.0182. The summed E-state index contributed by atoms with van der Waals surface area (Å²) in [5.74, 6) is -0.598. The Morgan fingerprint density at radius 2 is 2.15 bits per heavy atom. The zero-order valence-corrected chi connectivity index (χ0v) is 11.5. The fourth-order valence-corrected chi connectivity index (χ4v) is 4.29. The molecule has 1 aromatic rings. The number of rotatable bonds is 0. The Bertz CT molecular complexity index is 558. The molecule has 4 heteroatoms. The van der Waals surface area contributed by atoms with Gasteiger partial charge in [-0.15, -0.1) is 0 Å². The van der Waals surface area contributed by atoms with Crippen LogP contribution in [0.15, 0.2) is 24.3 Å². The average Bonchev–Trinajstić information content (AvgIpc) is 2.75. The lowest BCUT2D eigenvalue weighted by atomic mass is 9.77. The largest absolute Gasteiger partial charge is 0.461 e. The maximum Gasteiger partial charge on any atom is 0.313 e. The summed E-state index contributed by atoms with van der Waals surface area (Å²) in [6, 6.07) is 8.69. The number of aliphatic hydroxyl groups is 1. The van der Waals surface area contributed by atoms with E-state index in [4.69, 9.17) is 4.74 Å². The van der Waals surface area contributed by atoms with Crippen LogP contribution in [-0.2, 0) is 16.0 Å². The van der Waals surface area contributed by atoms with Crippen LogP contribution < -0.4 is 0 Å². The van der Waals surface area contributed by atoms with Crippen molar-refractivity contribution in [2.24, 2.45) is 5.92 Å². The van der Waals surface area contributed by atoms with Crippen molar-refractivity contribution in [3.05, 3.63) is 35.4 Å². The Morgan fingerprint density at radius 1 is 1.35 bits per heavy atom. The monoisotopic (exact) mass is 273 g/mol. The molecule has 0 bridgehead atoms. The topological polar surface area (TPSA) is 49.8 Å². The number of nitrogens with zero attached hydrogens (tertiary/aromatic N) is 1. The highest BCUT2D eigenvalue weighted by Gasteiger charge is 2.55. The van der Waals surface area contributed by atoms with Gasteiger partial charge in [0.1, 0.15) is 12.0 Å². The average molecular weight is 273 g/mol. The second kappa shape index (κ2) is 4.30. The number of benzene rings is 1. The van der Waals surface area contributed by atoms with Crippen LogP contribution in [0.4, 0.5) is 0 Å². The fraction of sp³-hybridized carbons (Fsp3) is 0.562. The number of esters is 1. The smallest absolute Gasteiger partial charge is 0.313 e. The molecular formula is C16H19NO3. The van der Waals surface area contributed by atoms with Gasteiger partial charge in [-0.1, -0.05) is 24.3 Å². The van der Waals surface area contributed by atoms with Crippen LogP contribution in [0.25, 0.3) is 0 Å². The maximum absolute atomic E-state index is 11.9. The molecule has 3 aliphatic heterocycles. The van der Waals surface area contributed by atoms with Gasteiger partial charge in [0.2, 0.25) is 0 Å². The summed E-state index contributed by atoms with van der Waals surface area (Å²) >= 11 is 0. The van der Waals surface area contributed by atoms with Crippen LogP contribution in [0, 0.1) is 5.92 Å². The van der Waals surface area contributed by atoms with Gasteiger partial charge in [0.05, 0.1) is 12.1 Å². The number of aliphatic hydroxyl groups excluding tert-OH is 1. The minimum atomic E-state index is -0.593. The van der Waals surface area contributed by atoms with Crippen molar-refractivity contribution in [1.82, 2.24) is 4.90 Å². The molecule has 2 fully saturated rings. The Labute approximate surface area is 118 Å². The van der Waals surface area contributed by atoms with Crippen molar-refractivity contribution in [2.75, 3.05) is 6.54 Å². The van der Waals surface area contributed by atoms with E-state index in [-0.39, 0.29) is 30.1 Å². The van der Waals surface area contributed by atoms with Gasteiger partial charge < -0.3 is 9.84 Å². The van der Waals surface area contributed by atoms with Gasteiger partial charge in [-0.3, -0.25) is 9.69 Å².